The summed E-state index contributed by atoms with van der Waals surface area (Å²) < 4.78 is 12.3. The molecule has 0 aromatic heterocycles. The standard InChI is InChI=1S/C42H45ClN6O7/c1-41(2)39(42(3,4)40(41)56-29-11-8-25(22-44)32(43)21-29)47-35(51)24-6-9-27(10-7-24)48-18-16-26(23-48)45-17-5-19-55-28-12-13-30-31(20-28)38(54)49(37(30)53)33-14-15-34(50)46-36(33)52/h6-13,20-21,26,33,39-40,45H,5,14-19,23H2,1-4H3,(H,47,51)(H,46,50,52)/t26-,33-,39?,40?/m1/s1. The lowest BCUT2D eigenvalue weighted by Crippen LogP contribution is -2.74. The van der Waals surface area contributed by atoms with Crippen LogP contribution in [0.2, 0.25) is 5.02 Å². The molecule has 2 saturated heterocycles. The minimum atomic E-state index is -1.01. The van der Waals surface area contributed by atoms with Gasteiger partial charge in [-0.15, -0.1) is 0 Å². The predicted octanol–water partition coefficient (Wildman–Crippen LogP) is 4.86. The zero-order chi connectivity index (χ0) is 39.9. The fourth-order valence-corrected chi connectivity index (χ4v) is 9.12. The molecule has 292 valence electrons. The van der Waals surface area contributed by atoms with Crippen molar-refractivity contribution < 1.29 is 33.4 Å². The summed E-state index contributed by atoms with van der Waals surface area (Å²) in [6, 6.07) is 18.7. The summed E-state index contributed by atoms with van der Waals surface area (Å²) in [7, 11) is 0. The molecule has 3 N–H and O–H groups in total. The van der Waals surface area contributed by atoms with Crippen LogP contribution in [0.3, 0.4) is 0 Å². The molecular weight excluding hydrogens is 736 g/mol. The molecule has 1 saturated carbocycles. The van der Waals surface area contributed by atoms with Crippen molar-refractivity contribution in [2.24, 2.45) is 10.8 Å². The van der Waals surface area contributed by atoms with Crippen LogP contribution in [0.15, 0.2) is 60.7 Å². The Hall–Kier alpha value is -5.45. The predicted molar refractivity (Wildman–Crippen MR) is 208 cm³/mol. The van der Waals surface area contributed by atoms with Gasteiger partial charge in [0.1, 0.15) is 29.7 Å². The maximum Gasteiger partial charge on any atom is 0.262 e. The Balaban J connectivity index is 0.844. The molecule has 5 amide bonds. The van der Waals surface area contributed by atoms with Gasteiger partial charge >= 0.3 is 0 Å². The molecule has 3 aromatic rings. The van der Waals surface area contributed by atoms with Crippen molar-refractivity contribution >= 4 is 46.8 Å². The van der Waals surface area contributed by atoms with Gasteiger partial charge in [0.05, 0.1) is 28.3 Å². The summed E-state index contributed by atoms with van der Waals surface area (Å²) in [6.07, 6.45) is 1.67. The van der Waals surface area contributed by atoms with E-state index in [9.17, 15) is 29.2 Å². The highest BCUT2D eigenvalue weighted by molar-refractivity contribution is 6.31. The van der Waals surface area contributed by atoms with Gasteiger partial charge in [-0.2, -0.15) is 5.26 Å². The highest BCUT2D eigenvalue weighted by atomic mass is 35.5. The third kappa shape index (κ3) is 7.31. The number of nitriles is 1. The van der Waals surface area contributed by atoms with Gasteiger partial charge in [0.25, 0.3) is 17.7 Å². The molecule has 56 heavy (non-hydrogen) atoms. The summed E-state index contributed by atoms with van der Waals surface area (Å²) in [6.45, 7) is 11.2. The van der Waals surface area contributed by atoms with E-state index in [2.05, 4.69) is 54.6 Å². The van der Waals surface area contributed by atoms with Crippen molar-refractivity contribution in [3.63, 3.8) is 0 Å². The van der Waals surface area contributed by atoms with E-state index in [1.807, 2.05) is 24.3 Å². The van der Waals surface area contributed by atoms with E-state index in [0.717, 1.165) is 43.1 Å². The number of carbonyl (C=O) groups is 5. The van der Waals surface area contributed by atoms with E-state index in [1.165, 1.54) is 6.07 Å². The van der Waals surface area contributed by atoms with Gasteiger partial charge in [-0.25, -0.2) is 0 Å². The molecule has 0 spiro atoms. The molecule has 7 rings (SSSR count). The average molecular weight is 781 g/mol. The summed E-state index contributed by atoms with van der Waals surface area (Å²) in [4.78, 5) is 66.6. The van der Waals surface area contributed by atoms with Gasteiger partial charge in [-0.3, -0.25) is 34.2 Å². The summed E-state index contributed by atoms with van der Waals surface area (Å²) in [5, 5.41) is 18.6. The number of anilines is 1. The number of nitrogens with one attached hydrogen (secondary N) is 3. The Morgan fingerprint density at radius 3 is 2.36 bits per heavy atom. The summed E-state index contributed by atoms with van der Waals surface area (Å²) >= 11 is 6.23. The molecule has 0 bridgehead atoms. The molecule has 3 fully saturated rings. The number of hydrogen-bond donors (Lipinski definition) is 3. The van der Waals surface area contributed by atoms with E-state index in [4.69, 9.17) is 21.1 Å². The molecule has 14 heteroatoms. The number of ether oxygens (including phenoxy) is 2. The number of benzene rings is 3. The first kappa shape index (κ1) is 38.8. The number of rotatable bonds is 12. The summed E-state index contributed by atoms with van der Waals surface area (Å²) in [5.41, 5.74) is 1.70. The Morgan fingerprint density at radius 2 is 1.66 bits per heavy atom. The van der Waals surface area contributed by atoms with Crippen LogP contribution in [-0.4, -0.2) is 84.9 Å². The largest absolute Gasteiger partial charge is 0.494 e. The van der Waals surface area contributed by atoms with Gasteiger partial charge in [-0.1, -0.05) is 39.3 Å². The van der Waals surface area contributed by atoms with Crippen molar-refractivity contribution in [2.45, 2.75) is 77.6 Å². The van der Waals surface area contributed by atoms with E-state index < -0.39 is 29.7 Å². The third-order valence-electron chi connectivity index (χ3n) is 11.5. The van der Waals surface area contributed by atoms with Crippen LogP contribution in [0.4, 0.5) is 5.69 Å². The van der Waals surface area contributed by atoms with Crippen LogP contribution in [0.25, 0.3) is 0 Å². The quantitative estimate of drug-likeness (QED) is 0.170. The molecule has 0 unspecified atom stereocenters. The number of imide groups is 2. The molecule has 13 nitrogen and oxygen atoms in total. The van der Waals surface area contributed by atoms with E-state index in [0.29, 0.717) is 40.3 Å². The highest BCUT2D eigenvalue weighted by Crippen LogP contribution is 2.55. The third-order valence-corrected chi connectivity index (χ3v) is 11.9. The number of piperidine rings is 1. The lowest BCUT2D eigenvalue weighted by atomic mass is 9.49. The maximum absolute atomic E-state index is 13.4. The zero-order valence-electron chi connectivity index (χ0n) is 31.8. The topological polar surface area (TPSA) is 170 Å². The number of fused-ring (bicyclic) bond motifs is 1. The minimum absolute atomic E-state index is 0.0661. The molecule has 2 atom stereocenters. The van der Waals surface area contributed by atoms with Crippen molar-refractivity contribution in [1.82, 2.24) is 20.9 Å². The normalized spacial score (nSPS) is 23.6. The molecule has 4 aliphatic rings. The highest BCUT2D eigenvalue weighted by Gasteiger charge is 2.64. The van der Waals surface area contributed by atoms with Crippen LogP contribution < -0.4 is 30.3 Å². The maximum atomic E-state index is 13.4. The van der Waals surface area contributed by atoms with E-state index in [1.54, 1.807) is 30.3 Å². The van der Waals surface area contributed by atoms with Gasteiger partial charge in [0.2, 0.25) is 11.8 Å². The molecule has 3 heterocycles. The van der Waals surface area contributed by atoms with Gasteiger partial charge in [0, 0.05) is 59.7 Å². The van der Waals surface area contributed by atoms with Crippen molar-refractivity contribution in [1.29, 1.82) is 5.26 Å². The van der Waals surface area contributed by atoms with Crippen LogP contribution in [0.5, 0.6) is 11.5 Å². The van der Waals surface area contributed by atoms with Crippen LogP contribution in [0, 0.1) is 22.2 Å². The van der Waals surface area contributed by atoms with Crippen molar-refractivity contribution in [2.75, 3.05) is 31.1 Å². The second-order valence-corrected chi connectivity index (χ2v) is 16.5. The second-order valence-electron chi connectivity index (χ2n) is 16.1. The van der Waals surface area contributed by atoms with Crippen molar-refractivity contribution in [3.8, 4) is 17.6 Å². The number of hydrogen-bond acceptors (Lipinski definition) is 10. The summed E-state index contributed by atoms with van der Waals surface area (Å²) in [5.74, 6) is -1.26. The number of amides is 5. The van der Waals surface area contributed by atoms with Crippen molar-refractivity contribution in [3.05, 3.63) is 87.9 Å². The van der Waals surface area contributed by atoms with E-state index in [-0.39, 0.29) is 52.9 Å². The first-order chi connectivity index (χ1) is 26.7. The van der Waals surface area contributed by atoms with E-state index >= 15 is 0 Å². The Kier molecular flexibility index (Phi) is 10.6. The Morgan fingerprint density at radius 1 is 0.946 bits per heavy atom. The number of nitrogens with zero attached hydrogens (tertiary/aromatic N) is 3. The fraction of sp³-hybridized carbons (Fsp3) is 0.429. The minimum Gasteiger partial charge on any atom is -0.494 e. The lowest BCUT2D eigenvalue weighted by molar-refractivity contribution is -0.164. The smallest absolute Gasteiger partial charge is 0.262 e. The van der Waals surface area contributed by atoms with Gasteiger partial charge < -0.3 is 25.0 Å². The Bertz CT molecular complexity index is 2110. The lowest BCUT2D eigenvalue weighted by Gasteiger charge is -2.63. The molecule has 3 aromatic carbocycles. The van der Waals surface area contributed by atoms with Crippen LogP contribution in [0.1, 0.15) is 90.0 Å². The molecular formula is C42H45ClN6O7. The monoisotopic (exact) mass is 780 g/mol. The molecule has 1 aliphatic carbocycles. The molecule has 0 radical (unpaired) electrons. The van der Waals surface area contributed by atoms with Crippen LogP contribution >= 0.6 is 11.6 Å². The average Bonchev–Trinajstić information content (AvgIpc) is 3.74. The zero-order valence-corrected chi connectivity index (χ0v) is 32.6. The van der Waals surface area contributed by atoms with Gasteiger partial charge in [-0.05, 0) is 80.4 Å². The first-order valence-electron chi connectivity index (χ1n) is 18.9. The molecule has 3 aliphatic heterocycles. The Labute approximate surface area is 330 Å². The van der Waals surface area contributed by atoms with Crippen LogP contribution in [-0.2, 0) is 9.59 Å². The second kappa shape index (κ2) is 15.2. The van der Waals surface area contributed by atoms with Gasteiger partial charge in [0.15, 0.2) is 0 Å². The number of carbonyl (C=O) groups excluding carboxylic acids is 5. The fourth-order valence-electron chi connectivity index (χ4n) is 8.90. The SMILES string of the molecule is CC1(C)C(NC(=O)c2ccc(N3CC[C@@H](NCCCOc4ccc5c(c4)C(=O)N([C@@H]4CCC(=O)NC4=O)C5=O)C3)cc2)C(C)(C)C1Oc1ccc(C#N)c(Cl)c1. The number of halogens is 1. The first-order valence-corrected chi connectivity index (χ1v) is 19.3.